The lowest BCUT2D eigenvalue weighted by atomic mass is 10.0. The zero-order valence-electron chi connectivity index (χ0n) is 11.8. The summed E-state index contributed by atoms with van der Waals surface area (Å²) in [5.41, 5.74) is 1.36. The molecule has 6 heteroatoms. The number of aromatic carboxylic acids is 1. The van der Waals surface area contributed by atoms with Crippen LogP contribution in [0.25, 0.3) is 10.9 Å². The van der Waals surface area contributed by atoms with Gasteiger partial charge in [0.2, 0.25) is 5.43 Å². The Hall–Kier alpha value is -2.30. The van der Waals surface area contributed by atoms with Crippen LogP contribution in [0, 0.1) is 0 Å². The van der Waals surface area contributed by atoms with Gasteiger partial charge in [-0.15, -0.1) is 0 Å². The summed E-state index contributed by atoms with van der Waals surface area (Å²) in [5, 5.41) is 10.5. The van der Waals surface area contributed by atoms with Crippen LogP contribution >= 0.6 is 23.2 Å². The van der Waals surface area contributed by atoms with Crippen LogP contribution in [0.4, 0.5) is 0 Å². The van der Waals surface area contributed by atoms with E-state index in [-0.39, 0.29) is 5.56 Å². The van der Waals surface area contributed by atoms with E-state index in [0.29, 0.717) is 27.4 Å². The molecule has 0 aliphatic carbocycles. The third kappa shape index (κ3) is 2.96. The third-order valence-electron chi connectivity index (χ3n) is 3.62. The molecule has 0 atom stereocenters. The van der Waals surface area contributed by atoms with Crippen molar-refractivity contribution in [1.82, 2.24) is 4.98 Å². The molecule has 0 saturated carbocycles. The van der Waals surface area contributed by atoms with Crippen LogP contribution in [-0.2, 0) is 6.42 Å². The third-order valence-corrected chi connectivity index (χ3v) is 4.33. The Morgan fingerprint density at radius 1 is 1.13 bits per heavy atom. The van der Waals surface area contributed by atoms with Crippen LogP contribution in [-0.4, -0.2) is 16.1 Å². The van der Waals surface area contributed by atoms with Gasteiger partial charge < -0.3 is 10.1 Å². The molecule has 0 spiro atoms. The van der Waals surface area contributed by atoms with Crippen molar-refractivity contribution in [2.45, 2.75) is 6.42 Å². The summed E-state index contributed by atoms with van der Waals surface area (Å²) in [4.78, 5) is 26.2. The van der Waals surface area contributed by atoms with Gasteiger partial charge in [0.05, 0.1) is 0 Å². The van der Waals surface area contributed by atoms with E-state index in [0.717, 1.165) is 11.1 Å². The Bertz CT molecular complexity index is 959. The van der Waals surface area contributed by atoms with Crippen molar-refractivity contribution in [1.29, 1.82) is 0 Å². The topological polar surface area (TPSA) is 70.2 Å². The molecule has 0 bridgehead atoms. The van der Waals surface area contributed by atoms with E-state index < -0.39 is 11.4 Å². The molecule has 0 radical (unpaired) electrons. The molecule has 3 rings (SSSR count). The number of hydrogen-bond acceptors (Lipinski definition) is 2. The number of halogens is 2. The summed E-state index contributed by atoms with van der Waals surface area (Å²) >= 11 is 12.3. The van der Waals surface area contributed by atoms with Crippen LogP contribution in [0.3, 0.4) is 0 Å². The molecule has 2 aromatic carbocycles. The number of benzene rings is 2. The molecule has 3 aromatic rings. The number of carbonyl (C=O) groups is 1. The van der Waals surface area contributed by atoms with Gasteiger partial charge in [0.25, 0.3) is 0 Å². The summed E-state index contributed by atoms with van der Waals surface area (Å²) < 4.78 is 0. The van der Waals surface area contributed by atoms with Crippen molar-refractivity contribution in [3.63, 3.8) is 0 Å². The van der Waals surface area contributed by atoms with Gasteiger partial charge in [-0.2, -0.15) is 0 Å². The smallest absolute Gasteiger partial charge is 0.341 e. The molecular weight excluding hydrogens is 337 g/mol. The highest BCUT2D eigenvalue weighted by Crippen LogP contribution is 2.27. The summed E-state index contributed by atoms with van der Waals surface area (Å²) in [5.74, 6) is -1.26. The fraction of sp³-hybridized carbons (Fsp3) is 0.0588. The number of H-pyrrole nitrogens is 1. The molecule has 0 aliphatic rings. The molecule has 116 valence electrons. The van der Waals surface area contributed by atoms with Gasteiger partial charge in [0.1, 0.15) is 5.56 Å². The SMILES string of the molecule is O=C(O)c1c[nH]c2ccc(Cc3c(Cl)cccc3Cl)cc2c1=O. The van der Waals surface area contributed by atoms with E-state index in [9.17, 15) is 9.59 Å². The van der Waals surface area contributed by atoms with Crippen LogP contribution in [0.1, 0.15) is 21.5 Å². The molecule has 0 fully saturated rings. The van der Waals surface area contributed by atoms with E-state index >= 15 is 0 Å². The lowest BCUT2D eigenvalue weighted by Gasteiger charge is -2.08. The highest BCUT2D eigenvalue weighted by Gasteiger charge is 2.13. The van der Waals surface area contributed by atoms with Gasteiger partial charge in [-0.25, -0.2) is 4.79 Å². The number of aromatic nitrogens is 1. The van der Waals surface area contributed by atoms with E-state index in [2.05, 4.69) is 4.98 Å². The molecule has 0 aliphatic heterocycles. The normalized spacial score (nSPS) is 10.9. The predicted molar refractivity (Wildman–Crippen MR) is 90.8 cm³/mol. The number of rotatable bonds is 3. The van der Waals surface area contributed by atoms with Gasteiger partial charge in [-0.1, -0.05) is 35.3 Å². The number of aromatic amines is 1. The van der Waals surface area contributed by atoms with Crippen molar-refractivity contribution < 1.29 is 9.90 Å². The first-order valence-corrected chi connectivity index (χ1v) is 7.53. The van der Waals surface area contributed by atoms with E-state index in [1.54, 1.807) is 30.3 Å². The van der Waals surface area contributed by atoms with Gasteiger partial charge in [-0.05, 0) is 35.4 Å². The van der Waals surface area contributed by atoms with E-state index in [1.807, 2.05) is 6.07 Å². The molecule has 0 saturated heterocycles. The maximum absolute atomic E-state index is 12.3. The number of nitrogens with one attached hydrogen (secondary N) is 1. The maximum atomic E-state index is 12.3. The number of pyridine rings is 1. The molecule has 1 aromatic heterocycles. The molecule has 0 unspecified atom stereocenters. The van der Waals surface area contributed by atoms with Gasteiger partial charge in [0.15, 0.2) is 0 Å². The molecule has 1 heterocycles. The van der Waals surface area contributed by atoms with Crippen LogP contribution in [0.15, 0.2) is 47.4 Å². The summed E-state index contributed by atoms with van der Waals surface area (Å²) in [6.45, 7) is 0. The standard InChI is InChI=1S/C17H11Cl2NO3/c18-13-2-1-3-14(19)10(13)6-9-4-5-15-11(7-9)16(21)12(8-20-15)17(22)23/h1-5,7-8H,6H2,(H,20,21)(H,22,23). The van der Waals surface area contributed by atoms with E-state index in [4.69, 9.17) is 28.3 Å². The second-order valence-electron chi connectivity index (χ2n) is 5.09. The first-order valence-electron chi connectivity index (χ1n) is 6.78. The van der Waals surface area contributed by atoms with Crippen molar-refractivity contribution >= 4 is 40.1 Å². The molecular formula is C17H11Cl2NO3. The molecule has 0 amide bonds. The van der Waals surface area contributed by atoms with Crippen LogP contribution in [0.2, 0.25) is 10.0 Å². The Morgan fingerprint density at radius 3 is 2.48 bits per heavy atom. The van der Waals surface area contributed by atoms with Gasteiger partial charge in [-0.3, -0.25) is 4.79 Å². The molecule has 23 heavy (non-hydrogen) atoms. The van der Waals surface area contributed by atoms with Crippen molar-refractivity contribution in [2.75, 3.05) is 0 Å². The van der Waals surface area contributed by atoms with Crippen molar-refractivity contribution in [3.8, 4) is 0 Å². The van der Waals surface area contributed by atoms with Crippen LogP contribution < -0.4 is 5.43 Å². The summed E-state index contributed by atoms with van der Waals surface area (Å²) in [6.07, 6.45) is 1.66. The first kappa shape index (κ1) is 15.6. The monoisotopic (exact) mass is 347 g/mol. The minimum atomic E-state index is -1.26. The number of hydrogen-bond donors (Lipinski definition) is 2. The lowest BCUT2D eigenvalue weighted by molar-refractivity contribution is 0.0695. The molecule has 4 nitrogen and oxygen atoms in total. The zero-order valence-corrected chi connectivity index (χ0v) is 13.3. The summed E-state index contributed by atoms with van der Waals surface area (Å²) in [6, 6.07) is 10.5. The largest absolute Gasteiger partial charge is 0.477 e. The number of fused-ring (bicyclic) bond motifs is 1. The number of carboxylic acids is 1. The second kappa shape index (κ2) is 6.07. The van der Waals surface area contributed by atoms with Crippen molar-refractivity contribution in [2.24, 2.45) is 0 Å². The average Bonchev–Trinajstić information content (AvgIpc) is 2.51. The van der Waals surface area contributed by atoms with Gasteiger partial charge in [0, 0.05) is 33.6 Å². The van der Waals surface area contributed by atoms with E-state index in [1.165, 1.54) is 6.20 Å². The second-order valence-corrected chi connectivity index (χ2v) is 5.91. The van der Waals surface area contributed by atoms with Crippen molar-refractivity contribution in [3.05, 3.63) is 79.6 Å². The van der Waals surface area contributed by atoms with Gasteiger partial charge >= 0.3 is 5.97 Å². The lowest BCUT2D eigenvalue weighted by Crippen LogP contribution is -2.15. The fourth-order valence-corrected chi connectivity index (χ4v) is 2.97. The Kier molecular flexibility index (Phi) is 4.11. The quantitative estimate of drug-likeness (QED) is 0.748. The Labute approximate surface area is 141 Å². The minimum Gasteiger partial charge on any atom is -0.477 e. The minimum absolute atomic E-state index is 0.287. The maximum Gasteiger partial charge on any atom is 0.341 e. The fourth-order valence-electron chi connectivity index (χ4n) is 2.44. The molecule has 2 N–H and O–H groups in total. The Balaban J connectivity index is 2.11. The zero-order chi connectivity index (χ0) is 16.6. The predicted octanol–water partition coefficient (Wildman–Crippen LogP) is 4.12. The number of carboxylic acid groups (broad SMARTS) is 1. The highest BCUT2D eigenvalue weighted by atomic mass is 35.5. The average molecular weight is 348 g/mol. The first-order chi connectivity index (χ1) is 11.0. The Morgan fingerprint density at radius 2 is 1.83 bits per heavy atom. The van der Waals surface area contributed by atoms with Crippen LogP contribution in [0.5, 0.6) is 0 Å². The summed E-state index contributed by atoms with van der Waals surface area (Å²) in [7, 11) is 0. The highest BCUT2D eigenvalue weighted by molar-refractivity contribution is 6.36.